The molecule has 15 heavy (non-hydrogen) atoms. The Kier molecular flexibility index (Phi) is 2.59. The largest absolute Gasteiger partial charge is 0.321 e. The van der Waals surface area contributed by atoms with E-state index in [4.69, 9.17) is 5.73 Å². The molecule has 1 fully saturated rings. The average Bonchev–Trinajstić information content (AvgIpc) is 2.60. The van der Waals surface area contributed by atoms with Crippen LogP contribution in [0.3, 0.4) is 0 Å². The predicted octanol–water partition coefficient (Wildman–Crippen LogP) is 2.03. The fourth-order valence-electron chi connectivity index (χ4n) is 2.59. The van der Waals surface area contributed by atoms with Crippen molar-refractivity contribution in [3.8, 4) is 0 Å². The summed E-state index contributed by atoms with van der Waals surface area (Å²) in [6.45, 7) is 4.63. The van der Waals surface area contributed by atoms with Crippen LogP contribution in [0, 0.1) is 11.8 Å². The van der Waals surface area contributed by atoms with E-state index in [1.807, 2.05) is 17.9 Å². The van der Waals surface area contributed by atoms with Crippen LogP contribution in [0.15, 0.2) is 12.4 Å². The molecule has 2 rings (SSSR count). The number of rotatable bonds is 1. The maximum atomic E-state index is 6.49. The highest BCUT2D eigenvalue weighted by Gasteiger charge is 2.36. The van der Waals surface area contributed by atoms with Crippen molar-refractivity contribution in [3.63, 3.8) is 0 Å². The van der Waals surface area contributed by atoms with Crippen LogP contribution in [0.2, 0.25) is 0 Å². The molecule has 1 heterocycles. The molecule has 1 aromatic rings. The monoisotopic (exact) mass is 207 g/mol. The topological polar surface area (TPSA) is 43.8 Å². The summed E-state index contributed by atoms with van der Waals surface area (Å²) in [7, 11) is 1.95. The third-order valence-electron chi connectivity index (χ3n) is 3.98. The van der Waals surface area contributed by atoms with Gasteiger partial charge < -0.3 is 5.73 Å². The standard InChI is InChI=1S/C12H21N3/c1-9-4-5-12(13,6-10(9)2)11-7-14-15(3)8-11/h7-10H,4-6,13H2,1-3H3. The van der Waals surface area contributed by atoms with E-state index >= 15 is 0 Å². The Morgan fingerprint density at radius 3 is 2.73 bits per heavy atom. The average molecular weight is 207 g/mol. The molecule has 1 saturated carbocycles. The minimum Gasteiger partial charge on any atom is -0.321 e. The van der Waals surface area contributed by atoms with Crippen LogP contribution in [-0.4, -0.2) is 9.78 Å². The van der Waals surface area contributed by atoms with Gasteiger partial charge in [0, 0.05) is 24.3 Å². The Balaban J connectivity index is 2.20. The van der Waals surface area contributed by atoms with Gasteiger partial charge in [-0.1, -0.05) is 13.8 Å². The Bertz CT molecular complexity index is 344. The number of aryl methyl sites for hydroxylation is 1. The first-order valence-electron chi connectivity index (χ1n) is 5.79. The van der Waals surface area contributed by atoms with Gasteiger partial charge >= 0.3 is 0 Å². The molecule has 1 aliphatic carbocycles. The normalized spacial score (nSPS) is 36.8. The van der Waals surface area contributed by atoms with E-state index in [0.29, 0.717) is 5.92 Å². The zero-order valence-corrected chi connectivity index (χ0v) is 9.90. The molecule has 84 valence electrons. The molecular weight excluding hydrogens is 186 g/mol. The number of aromatic nitrogens is 2. The van der Waals surface area contributed by atoms with E-state index in [1.165, 1.54) is 12.0 Å². The van der Waals surface area contributed by atoms with Crippen LogP contribution in [0.1, 0.15) is 38.7 Å². The highest BCUT2D eigenvalue weighted by atomic mass is 15.2. The van der Waals surface area contributed by atoms with Gasteiger partial charge in [-0.2, -0.15) is 5.10 Å². The number of nitrogens with zero attached hydrogens (tertiary/aromatic N) is 2. The fourth-order valence-corrected chi connectivity index (χ4v) is 2.59. The molecule has 1 aromatic heterocycles. The molecule has 0 spiro atoms. The third-order valence-corrected chi connectivity index (χ3v) is 3.98. The fraction of sp³-hybridized carbons (Fsp3) is 0.750. The van der Waals surface area contributed by atoms with Crippen molar-refractivity contribution in [1.29, 1.82) is 0 Å². The first-order chi connectivity index (χ1) is 7.01. The molecule has 0 radical (unpaired) electrons. The highest BCUT2D eigenvalue weighted by Crippen LogP contribution is 2.40. The van der Waals surface area contributed by atoms with Crippen molar-refractivity contribution in [2.75, 3.05) is 0 Å². The van der Waals surface area contributed by atoms with Gasteiger partial charge in [-0.15, -0.1) is 0 Å². The van der Waals surface area contributed by atoms with Gasteiger partial charge in [-0.25, -0.2) is 0 Å². The van der Waals surface area contributed by atoms with E-state index in [-0.39, 0.29) is 5.54 Å². The molecule has 3 nitrogen and oxygen atoms in total. The lowest BCUT2D eigenvalue weighted by molar-refractivity contribution is 0.177. The molecule has 3 heteroatoms. The summed E-state index contributed by atoms with van der Waals surface area (Å²) in [6, 6.07) is 0. The van der Waals surface area contributed by atoms with Crippen molar-refractivity contribution >= 4 is 0 Å². The maximum Gasteiger partial charge on any atom is 0.0540 e. The van der Waals surface area contributed by atoms with Gasteiger partial charge in [0.2, 0.25) is 0 Å². The number of nitrogens with two attached hydrogens (primary N) is 1. The van der Waals surface area contributed by atoms with Crippen molar-refractivity contribution in [2.45, 2.75) is 38.6 Å². The second-order valence-electron chi connectivity index (χ2n) is 5.26. The summed E-state index contributed by atoms with van der Waals surface area (Å²) < 4.78 is 1.84. The molecular formula is C12H21N3. The summed E-state index contributed by atoms with van der Waals surface area (Å²) in [5, 5.41) is 4.22. The molecule has 0 saturated heterocycles. The lowest BCUT2D eigenvalue weighted by Crippen LogP contribution is -2.42. The van der Waals surface area contributed by atoms with Crippen molar-refractivity contribution < 1.29 is 0 Å². The minimum absolute atomic E-state index is 0.139. The van der Waals surface area contributed by atoms with E-state index in [9.17, 15) is 0 Å². The molecule has 0 aliphatic heterocycles. The summed E-state index contributed by atoms with van der Waals surface area (Å²) >= 11 is 0. The van der Waals surface area contributed by atoms with E-state index in [1.54, 1.807) is 0 Å². The Hall–Kier alpha value is -0.830. The molecule has 3 unspecified atom stereocenters. The lowest BCUT2D eigenvalue weighted by atomic mass is 9.69. The molecule has 2 N–H and O–H groups in total. The highest BCUT2D eigenvalue weighted by molar-refractivity contribution is 5.18. The van der Waals surface area contributed by atoms with Gasteiger partial charge in [-0.05, 0) is 31.1 Å². The SMILES string of the molecule is CC1CCC(N)(c2cnn(C)c2)CC1C. The molecule has 0 amide bonds. The second-order valence-corrected chi connectivity index (χ2v) is 5.26. The summed E-state index contributed by atoms with van der Waals surface area (Å²) in [5.74, 6) is 1.52. The molecule has 0 bridgehead atoms. The summed E-state index contributed by atoms with van der Waals surface area (Å²) in [6.07, 6.45) is 7.38. The van der Waals surface area contributed by atoms with Crippen molar-refractivity contribution in [3.05, 3.63) is 18.0 Å². The van der Waals surface area contributed by atoms with Crippen LogP contribution < -0.4 is 5.73 Å². The second kappa shape index (κ2) is 3.63. The van der Waals surface area contributed by atoms with Gasteiger partial charge in [0.05, 0.1) is 6.20 Å². The van der Waals surface area contributed by atoms with Gasteiger partial charge in [0.1, 0.15) is 0 Å². The van der Waals surface area contributed by atoms with Crippen LogP contribution in [0.5, 0.6) is 0 Å². The molecule has 0 aromatic carbocycles. The minimum atomic E-state index is -0.139. The third kappa shape index (κ3) is 1.93. The van der Waals surface area contributed by atoms with Gasteiger partial charge in [0.25, 0.3) is 0 Å². The number of hydrogen-bond donors (Lipinski definition) is 1. The summed E-state index contributed by atoms with van der Waals surface area (Å²) in [5.41, 5.74) is 7.55. The Morgan fingerprint density at radius 1 is 1.47 bits per heavy atom. The van der Waals surface area contributed by atoms with E-state index in [2.05, 4.69) is 25.1 Å². The van der Waals surface area contributed by atoms with Gasteiger partial charge in [-0.3, -0.25) is 4.68 Å². The zero-order valence-electron chi connectivity index (χ0n) is 9.90. The van der Waals surface area contributed by atoms with E-state index < -0.39 is 0 Å². The van der Waals surface area contributed by atoms with Crippen LogP contribution in [0.25, 0.3) is 0 Å². The van der Waals surface area contributed by atoms with Gasteiger partial charge in [0.15, 0.2) is 0 Å². The lowest BCUT2D eigenvalue weighted by Gasteiger charge is -2.39. The van der Waals surface area contributed by atoms with Crippen LogP contribution in [0.4, 0.5) is 0 Å². The molecule has 3 atom stereocenters. The quantitative estimate of drug-likeness (QED) is 0.765. The number of hydrogen-bond acceptors (Lipinski definition) is 2. The zero-order chi connectivity index (χ0) is 11.1. The van der Waals surface area contributed by atoms with E-state index in [0.717, 1.165) is 18.8 Å². The van der Waals surface area contributed by atoms with Crippen molar-refractivity contribution in [1.82, 2.24) is 9.78 Å². The smallest absolute Gasteiger partial charge is 0.0540 e. The van der Waals surface area contributed by atoms with Crippen molar-refractivity contribution in [2.24, 2.45) is 24.6 Å². The van der Waals surface area contributed by atoms with Crippen LogP contribution >= 0.6 is 0 Å². The summed E-state index contributed by atoms with van der Waals surface area (Å²) in [4.78, 5) is 0. The first kappa shape index (κ1) is 10.7. The molecule has 1 aliphatic rings. The first-order valence-corrected chi connectivity index (χ1v) is 5.79. The Morgan fingerprint density at radius 2 is 2.20 bits per heavy atom. The Labute approximate surface area is 91.7 Å². The van der Waals surface area contributed by atoms with Crippen LogP contribution in [-0.2, 0) is 12.6 Å². The predicted molar refractivity (Wildman–Crippen MR) is 61.3 cm³/mol. The maximum absolute atomic E-state index is 6.49.